The standard InChI is InChI=1S/C15H23N3O2S/c1-2-16-21(19,20)15-6-4-3-5-14(15)17-13-8-10-18-9-7-12(13)11-18/h3-6,12-13,16-17H,2,7-11H2,1H3. The number of nitrogens with zero attached hydrogens (tertiary/aromatic N) is 1. The highest BCUT2D eigenvalue weighted by atomic mass is 32.2. The van der Waals surface area contributed by atoms with Gasteiger partial charge in [-0.3, -0.25) is 0 Å². The van der Waals surface area contributed by atoms with Crippen LogP contribution >= 0.6 is 0 Å². The van der Waals surface area contributed by atoms with E-state index in [4.69, 9.17) is 0 Å². The molecule has 21 heavy (non-hydrogen) atoms. The summed E-state index contributed by atoms with van der Waals surface area (Å²) in [4.78, 5) is 2.84. The molecule has 0 aromatic heterocycles. The minimum atomic E-state index is -3.43. The number of fused-ring (bicyclic) bond motifs is 2. The van der Waals surface area contributed by atoms with Gasteiger partial charge < -0.3 is 10.2 Å². The van der Waals surface area contributed by atoms with Crippen molar-refractivity contribution in [3.63, 3.8) is 0 Å². The SMILES string of the molecule is CCNS(=O)(=O)c1ccccc1NC1CCN2CCC1C2. The molecule has 116 valence electrons. The van der Waals surface area contributed by atoms with Gasteiger partial charge in [0.15, 0.2) is 0 Å². The van der Waals surface area contributed by atoms with E-state index in [9.17, 15) is 8.42 Å². The van der Waals surface area contributed by atoms with Crippen LogP contribution in [0.2, 0.25) is 0 Å². The van der Waals surface area contributed by atoms with Crippen molar-refractivity contribution < 1.29 is 8.42 Å². The van der Waals surface area contributed by atoms with Gasteiger partial charge in [-0.05, 0) is 37.4 Å². The summed E-state index contributed by atoms with van der Waals surface area (Å²) in [6.45, 7) is 5.62. The Balaban J connectivity index is 1.82. The maximum Gasteiger partial charge on any atom is 0.242 e. The Morgan fingerprint density at radius 1 is 1.24 bits per heavy atom. The summed E-state index contributed by atoms with van der Waals surface area (Å²) >= 11 is 0. The molecule has 3 unspecified atom stereocenters. The van der Waals surface area contributed by atoms with Gasteiger partial charge in [0.05, 0.1) is 5.69 Å². The van der Waals surface area contributed by atoms with Crippen LogP contribution in [0.15, 0.2) is 29.2 Å². The van der Waals surface area contributed by atoms with E-state index in [0.29, 0.717) is 23.4 Å². The highest BCUT2D eigenvalue weighted by Gasteiger charge is 2.34. The summed E-state index contributed by atoms with van der Waals surface area (Å²) in [7, 11) is -3.43. The second-order valence-electron chi connectivity index (χ2n) is 5.89. The summed E-state index contributed by atoms with van der Waals surface area (Å²) in [5.41, 5.74) is 0.726. The molecule has 0 radical (unpaired) electrons. The van der Waals surface area contributed by atoms with E-state index < -0.39 is 10.0 Å². The van der Waals surface area contributed by atoms with Crippen LogP contribution in [-0.2, 0) is 10.0 Å². The smallest absolute Gasteiger partial charge is 0.242 e. The average molecular weight is 309 g/mol. The maximum atomic E-state index is 12.3. The highest BCUT2D eigenvalue weighted by molar-refractivity contribution is 7.89. The van der Waals surface area contributed by atoms with Crippen LogP contribution in [0.3, 0.4) is 0 Å². The molecule has 0 saturated carbocycles. The van der Waals surface area contributed by atoms with E-state index in [-0.39, 0.29) is 0 Å². The molecule has 2 saturated heterocycles. The van der Waals surface area contributed by atoms with E-state index in [2.05, 4.69) is 14.9 Å². The van der Waals surface area contributed by atoms with Gasteiger partial charge in [0.2, 0.25) is 10.0 Å². The first kappa shape index (κ1) is 14.8. The lowest BCUT2D eigenvalue weighted by molar-refractivity contribution is 0.255. The molecule has 3 atom stereocenters. The number of para-hydroxylation sites is 1. The summed E-state index contributed by atoms with van der Waals surface area (Å²) in [6.07, 6.45) is 2.29. The van der Waals surface area contributed by atoms with Crippen molar-refractivity contribution in [2.45, 2.75) is 30.7 Å². The first-order valence-corrected chi connectivity index (χ1v) is 9.16. The second kappa shape index (κ2) is 5.94. The monoisotopic (exact) mass is 309 g/mol. The predicted octanol–water partition coefficient (Wildman–Crippen LogP) is 1.49. The van der Waals surface area contributed by atoms with Crippen molar-refractivity contribution >= 4 is 15.7 Å². The molecule has 0 aliphatic carbocycles. The number of anilines is 1. The van der Waals surface area contributed by atoms with Gasteiger partial charge in [0.1, 0.15) is 4.90 Å². The Kier molecular flexibility index (Phi) is 4.19. The molecule has 2 aliphatic rings. The number of sulfonamides is 1. The van der Waals surface area contributed by atoms with Crippen LogP contribution < -0.4 is 10.0 Å². The number of hydrogen-bond acceptors (Lipinski definition) is 4. The van der Waals surface area contributed by atoms with Crippen molar-refractivity contribution in [3.05, 3.63) is 24.3 Å². The number of rotatable bonds is 5. The molecular formula is C15H23N3O2S. The van der Waals surface area contributed by atoms with E-state index in [1.807, 2.05) is 12.1 Å². The Morgan fingerprint density at radius 2 is 2.00 bits per heavy atom. The van der Waals surface area contributed by atoms with Gasteiger partial charge in [-0.2, -0.15) is 0 Å². The van der Waals surface area contributed by atoms with Crippen molar-refractivity contribution in [2.75, 3.05) is 31.5 Å². The molecule has 5 nitrogen and oxygen atoms in total. The minimum Gasteiger partial charge on any atom is -0.381 e. The van der Waals surface area contributed by atoms with E-state index in [1.165, 1.54) is 13.0 Å². The lowest BCUT2D eigenvalue weighted by atomic mass is 9.94. The Labute approximate surface area is 126 Å². The topological polar surface area (TPSA) is 61.4 Å². The molecule has 1 aromatic rings. The molecule has 2 heterocycles. The van der Waals surface area contributed by atoms with Gasteiger partial charge in [-0.25, -0.2) is 13.1 Å². The second-order valence-corrected chi connectivity index (χ2v) is 7.62. The zero-order valence-corrected chi connectivity index (χ0v) is 13.2. The Bertz CT molecular complexity index is 603. The first-order valence-electron chi connectivity index (χ1n) is 7.68. The summed E-state index contributed by atoms with van der Waals surface area (Å²) in [6, 6.07) is 7.57. The largest absolute Gasteiger partial charge is 0.381 e. The zero-order chi connectivity index (χ0) is 14.9. The molecule has 3 rings (SSSR count). The fourth-order valence-electron chi connectivity index (χ4n) is 3.43. The van der Waals surface area contributed by atoms with Crippen LogP contribution in [0.1, 0.15) is 19.8 Å². The number of hydrogen-bond donors (Lipinski definition) is 2. The zero-order valence-electron chi connectivity index (χ0n) is 12.4. The summed E-state index contributed by atoms with van der Waals surface area (Å²) in [5, 5.41) is 3.50. The molecule has 0 spiro atoms. The quantitative estimate of drug-likeness (QED) is 0.865. The maximum absolute atomic E-state index is 12.3. The van der Waals surface area contributed by atoms with Crippen LogP contribution in [-0.4, -0.2) is 45.5 Å². The van der Waals surface area contributed by atoms with Crippen molar-refractivity contribution in [3.8, 4) is 0 Å². The lowest BCUT2D eigenvalue weighted by Gasteiger charge is -2.32. The molecule has 6 heteroatoms. The fraction of sp³-hybridized carbons (Fsp3) is 0.600. The van der Waals surface area contributed by atoms with Crippen LogP contribution in [0.4, 0.5) is 5.69 Å². The van der Waals surface area contributed by atoms with Crippen LogP contribution in [0, 0.1) is 5.92 Å². The van der Waals surface area contributed by atoms with Gasteiger partial charge in [-0.1, -0.05) is 19.1 Å². The van der Waals surface area contributed by atoms with Gasteiger partial charge in [-0.15, -0.1) is 0 Å². The van der Waals surface area contributed by atoms with Crippen LogP contribution in [0.25, 0.3) is 0 Å². The van der Waals surface area contributed by atoms with Gasteiger partial charge in [0, 0.05) is 25.7 Å². The molecule has 2 N–H and O–H groups in total. The summed E-state index contributed by atoms with van der Waals surface area (Å²) < 4.78 is 27.2. The third kappa shape index (κ3) is 3.07. The number of piperidine rings is 1. The van der Waals surface area contributed by atoms with Gasteiger partial charge >= 0.3 is 0 Å². The molecule has 0 amide bonds. The number of benzene rings is 1. The Morgan fingerprint density at radius 3 is 2.81 bits per heavy atom. The average Bonchev–Trinajstić information content (AvgIpc) is 2.85. The normalized spacial score (nSPS) is 28.5. The van der Waals surface area contributed by atoms with Crippen molar-refractivity contribution in [1.29, 1.82) is 0 Å². The molecule has 2 fully saturated rings. The molecular weight excluding hydrogens is 286 g/mol. The third-order valence-electron chi connectivity index (χ3n) is 4.49. The van der Waals surface area contributed by atoms with E-state index >= 15 is 0 Å². The molecule has 2 aliphatic heterocycles. The Hall–Kier alpha value is -1.11. The first-order chi connectivity index (χ1) is 10.1. The molecule has 1 aromatic carbocycles. The highest BCUT2D eigenvalue weighted by Crippen LogP contribution is 2.31. The minimum absolute atomic E-state index is 0.354. The molecule has 2 bridgehead atoms. The van der Waals surface area contributed by atoms with Crippen molar-refractivity contribution in [1.82, 2.24) is 9.62 Å². The lowest BCUT2D eigenvalue weighted by Crippen LogP contribution is -2.40. The number of nitrogens with one attached hydrogen (secondary N) is 2. The summed E-state index contributed by atoms with van der Waals surface area (Å²) in [5.74, 6) is 0.633. The predicted molar refractivity (Wildman–Crippen MR) is 83.9 cm³/mol. The van der Waals surface area contributed by atoms with Crippen molar-refractivity contribution in [2.24, 2.45) is 5.92 Å². The van der Waals surface area contributed by atoms with Crippen LogP contribution in [0.5, 0.6) is 0 Å². The third-order valence-corrected chi connectivity index (χ3v) is 6.09. The van der Waals surface area contributed by atoms with E-state index in [0.717, 1.165) is 25.2 Å². The van der Waals surface area contributed by atoms with Gasteiger partial charge in [0.25, 0.3) is 0 Å². The van der Waals surface area contributed by atoms with E-state index in [1.54, 1.807) is 19.1 Å². The fourth-order valence-corrected chi connectivity index (χ4v) is 4.64.